The number of rotatable bonds is 5. The first-order valence-electron chi connectivity index (χ1n) is 9.31. The van der Waals surface area contributed by atoms with E-state index in [0.29, 0.717) is 16.4 Å². The summed E-state index contributed by atoms with van der Waals surface area (Å²) in [7, 11) is -3.71. The lowest BCUT2D eigenvalue weighted by Gasteiger charge is -2.12. The van der Waals surface area contributed by atoms with Crippen LogP contribution in [0, 0.1) is 13.8 Å². The molecule has 7 nitrogen and oxygen atoms in total. The number of carbonyl (C=O) groups excluding carboxylic acids is 1. The molecule has 0 spiro atoms. The fourth-order valence-corrected chi connectivity index (χ4v) is 4.47. The van der Waals surface area contributed by atoms with Crippen LogP contribution in [0.4, 0.5) is 10.8 Å². The monoisotopic (exact) mass is 444 g/mol. The minimum Gasteiger partial charge on any atom is -0.296 e. The molecule has 30 heavy (non-hydrogen) atoms. The Labute approximate surface area is 180 Å². The molecule has 0 bridgehead atoms. The van der Waals surface area contributed by atoms with Gasteiger partial charge in [-0.3, -0.25) is 14.8 Å². The van der Waals surface area contributed by atoms with E-state index in [1.807, 2.05) is 34.6 Å². The SMILES string of the molecule is Cc1ccc(S(=O)(=O)Nc2ccc(C(=O)Nc3nnc(C(C)(C)C)s3)cc2)cc1C. The summed E-state index contributed by atoms with van der Waals surface area (Å²) >= 11 is 1.33. The van der Waals surface area contributed by atoms with Crippen molar-refractivity contribution in [2.75, 3.05) is 10.0 Å². The number of hydrogen-bond acceptors (Lipinski definition) is 6. The van der Waals surface area contributed by atoms with Crippen LogP contribution in [0.2, 0.25) is 0 Å². The van der Waals surface area contributed by atoms with Crippen LogP contribution in [0.5, 0.6) is 0 Å². The van der Waals surface area contributed by atoms with Crippen LogP contribution in [-0.4, -0.2) is 24.5 Å². The Morgan fingerprint density at radius 3 is 2.20 bits per heavy atom. The van der Waals surface area contributed by atoms with Gasteiger partial charge >= 0.3 is 0 Å². The molecule has 2 aromatic carbocycles. The average molecular weight is 445 g/mol. The van der Waals surface area contributed by atoms with Gasteiger partial charge < -0.3 is 0 Å². The Bertz CT molecular complexity index is 1180. The quantitative estimate of drug-likeness (QED) is 0.603. The lowest BCUT2D eigenvalue weighted by molar-refractivity contribution is 0.102. The number of anilines is 2. The maximum atomic E-state index is 12.6. The van der Waals surface area contributed by atoms with E-state index in [9.17, 15) is 13.2 Å². The molecule has 2 N–H and O–H groups in total. The number of amides is 1. The lowest BCUT2D eigenvalue weighted by Crippen LogP contribution is -2.14. The zero-order valence-corrected chi connectivity index (χ0v) is 19.1. The molecule has 0 aliphatic heterocycles. The van der Waals surface area contributed by atoms with Crippen molar-refractivity contribution in [1.29, 1.82) is 0 Å². The number of aryl methyl sites for hydroxylation is 2. The zero-order valence-electron chi connectivity index (χ0n) is 17.5. The van der Waals surface area contributed by atoms with Crippen LogP contribution in [0.15, 0.2) is 47.4 Å². The number of sulfonamides is 1. The van der Waals surface area contributed by atoms with E-state index in [4.69, 9.17) is 0 Å². The van der Waals surface area contributed by atoms with E-state index in [1.165, 1.54) is 11.3 Å². The van der Waals surface area contributed by atoms with Gasteiger partial charge in [-0.1, -0.05) is 38.2 Å². The Morgan fingerprint density at radius 1 is 0.967 bits per heavy atom. The number of benzene rings is 2. The van der Waals surface area contributed by atoms with Crippen molar-refractivity contribution in [3.8, 4) is 0 Å². The van der Waals surface area contributed by atoms with Gasteiger partial charge in [-0.25, -0.2) is 8.42 Å². The second kappa shape index (κ2) is 8.16. The lowest BCUT2D eigenvalue weighted by atomic mass is 9.98. The number of hydrogen-bond donors (Lipinski definition) is 2. The number of nitrogens with one attached hydrogen (secondary N) is 2. The van der Waals surface area contributed by atoms with Crippen LogP contribution >= 0.6 is 11.3 Å². The summed E-state index contributed by atoms with van der Waals surface area (Å²) in [6.45, 7) is 9.86. The third-order valence-corrected chi connectivity index (χ3v) is 7.12. The second-order valence-electron chi connectivity index (χ2n) is 8.05. The van der Waals surface area contributed by atoms with E-state index in [1.54, 1.807) is 42.5 Å². The summed E-state index contributed by atoms with van der Waals surface area (Å²) in [5, 5.41) is 12.1. The summed E-state index contributed by atoms with van der Waals surface area (Å²) in [6.07, 6.45) is 0. The molecule has 1 heterocycles. The predicted molar refractivity (Wildman–Crippen MR) is 120 cm³/mol. The third kappa shape index (κ3) is 5.03. The maximum absolute atomic E-state index is 12.6. The van der Waals surface area contributed by atoms with E-state index in [2.05, 4.69) is 20.2 Å². The largest absolute Gasteiger partial charge is 0.296 e. The van der Waals surface area contributed by atoms with Crippen molar-refractivity contribution in [3.05, 3.63) is 64.2 Å². The Morgan fingerprint density at radius 2 is 1.63 bits per heavy atom. The Kier molecular flexibility index (Phi) is 5.96. The van der Waals surface area contributed by atoms with Gasteiger partial charge in [0.25, 0.3) is 15.9 Å². The maximum Gasteiger partial charge on any atom is 0.261 e. The van der Waals surface area contributed by atoms with Gasteiger partial charge in [0.1, 0.15) is 5.01 Å². The molecular weight excluding hydrogens is 420 g/mol. The topological polar surface area (TPSA) is 101 Å². The Balaban J connectivity index is 1.70. The molecule has 1 amide bonds. The van der Waals surface area contributed by atoms with Crippen molar-refractivity contribution in [2.24, 2.45) is 0 Å². The molecule has 0 radical (unpaired) electrons. The van der Waals surface area contributed by atoms with E-state index < -0.39 is 10.0 Å². The smallest absolute Gasteiger partial charge is 0.261 e. The van der Waals surface area contributed by atoms with Crippen LogP contribution in [0.25, 0.3) is 0 Å². The van der Waals surface area contributed by atoms with Crippen molar-refractivity contribution >= 4 is 38.1 Å². The van der Waals surface area contributed by atoms with Crippen molar-refractivity contribution < 1.29 is 13.2 Å². The normalized spacial score (nSPS) is 11.9. The summed E-state index contributed by atoms with van der Waals surface area (Å²) in [4.78, 5) is 12.6. The first-order valence-corrected chi connectivity index (χ1v) is 11.6. The highest BCUT2D eigenvalue weighted by Gasteiger charge is 2.20. The van der Waals surface area contributed by atoms with Gasteiger partial charge in [0, 0.05) is 16.7 Å². The molecular formula is C21H24N4O3S2. The molecule has 0 unspecified atom stereocenters. The van der Waals surface area contributed by atoms with E-state index in [0.717, 1.165) is 16.1 Å². The molecule has 0 aliphatic rings. The van der Waals surface area contributed by atoms with Crippen molar-refractivity contribution in [3.63, 3.8) is 0 Å². The number of aromatic nitrogens is 2. The van der Waals surface area contributed by atoms with Crippen molar-refractivity contribution in [1.82, 2.24) is 10.2 Å². The first-order chi connectivity index (χ1) is 14.0. The minimum atomic E-state index is -3.71. The molecule has 0 saturated carbocycles. The molecule has 0 saturated heterocycles. The molecule has 0 fully saturated rings. The van der Waals surface area contributed by atoms with Gasteiger partial charge in [-0.15, -0.1) is 10.2 Å². The van der Waals surface area contributed by atoms with Crippen molar-refractivity contribution in [2.45, 2.75) is 44.9 Å². The van der Waals surface area contributed by atoms with Crippen LogP contribution in [0.1, 0.15) is 47.3 Å². The van der Waals surface area contributed by atoms with Gasteiger partial charge in [-0.2, -0.15) is 0 Å². The fraction of sp³-hybridized carbons (Fsp3) is 0.286. The summed E-state index contributed by atoms with van der Waals surface area (Å²) in [5.74, 6) is -0.338. The molecule has 0 aliphatic carbocycles. The highest BCUT2D eigenvalue weighted by molar-refractivity contribution is 7.92. The molecule has 3 rings (SSSR count). The highest BCUT2D eigenvalue weighted by atomic mass is 32.2. The minimum absolute atomic E-state index is 0.143. The van der Waals surface area contributed by atoms with E-state index >= 15 is 0 Å². The summed E-state index contributed by atoms with van der Waals surface area (Å²) in [5.41, 5.74) is 2.54. The van der Waals surface area contributed by atoms with Crippen LogP contribution < -0.4 is 10.0 Å². The molecule has 9 heteroatoms. The molecule has 158 valence electrons. The van der Waals surface area contributed by atoms with Gasteiger partial charge in [0.15, 0.2) is 0 Å². The van der Waals surface area contributed by atoms with E-state index in [-0.39, 0.29) is 16.2 Å². The highest BCUT2D eigenvalue weighted by Crippen LogP contribution is 2.28. The first kappa shape index (κ1) is 21.9. The number of nitrogens with zero attached hydrogens (tertiary/aromatic N) is 2. The summed E-state index contributed by atoms with van der Waals surface area (Å²) < 4.78 is 27.7. The molecule has 0 atom stereocenters. The second-order valence-corrected chi connectivity index (χ2v) is 10.7. The molecule has 3 aromatic rings. The molecule has 1 aromatic heterocycles. The third-order valence-electron chi connectivity index (χ3n) is 4.48. The fourth-order valence-electron chi connectivity index (χ4n) is 2.53. The zero-order chi connectivity index (χ0) is 22.1. The number of carbonyl (C=O) groups is 1. The Hall–Kier alpha value is -2.78. The standard InChI is InChI=1S/C21H24N4O3S2/c1-13-6-11-17(12-14(13)2)30(27,28)25-16-9-7-15(8-10-16)18(26)22-20-24-23-19(29-20)21(3,4)5/h6-12,25H,1-5H3,(H,22,24,26). The van der Waals surface area contributed by atoms with Crippen LogP contribution in [0.3, 0.4) is 0 Å². The van der Waals surface area contributed by atoms with Crippen LogP contribution in [-0.2, 0) is 15.4 Å². The average Bonchev–Trinajstić information content (AvgIpc) is 3.13. The predicted octanol–water partition coefficient (Wildman–Crippen LogP) is 4.51. The van der Waals surface area contributed by atoms with Gasteiger partial charge in [0.2, 0.25) is 5.13 Å². The summed E-state index contributed by atoms with van der Waals surface area (Å²) in [6, 6.07) is 11.2. The van der Waals surface area contributed by atoms with Gasteiger partial charge in [-0.05, 0) is 61.4 Å². The van der Waals surface area contributed by atoms with Gasteiger partial charge in [0.05, 0.1) is 4.90 Å².